The molecule has 0 radical (unpaired) electrons. The molecule has 2 aliphatic rings. The molecule has 0 heterocycles. The lowest BCUT2D eigenvalue weighted by Gasteiger charge is -2.42. The molecule has 0 aromatic rings. The number of methoxy groups -OCH3 is 1. The minimum absolute atomic E-state index is 0.780. The monoisotopic (exact) mass is 196 g/mol. The first-order chi connectivity index (χ1) is 6.85. The molecule has 0 saturated heterocycles. The molecule has 0 unspecified atom stereocenters. The van der Waals surface area contributed by atoms with Gasteiger partial charge in [-0.1, -0.05) is 19.3 Å². The third-order valence-electron chi connectivity index (χ3n) is 4.48. The zero-order chi connectivity index (χ0) is 9.86. The highest BCUT2D eigenvalue weighted by Gasteiger charge is 2.35. The molecule has 2 aliphatic carbocycles. The van der Waals surface area contributed by atoms with Crippen LogP contribution in [0.3, 0.4) is 0 Å². The van der Waals surface area contributed by atoms with Gasteiger partial charge in [-0.2, -0.15) is 0 Å². The molecule has 14 heavy (non-hydrogen) atoms. The fourth-order valence-corrected chi connectivity index (χ4v) is 3.49. The van der Waals surface area contributed by atoms with Crippen molar-refractivity contribution in [2.45, 2.75) is 57.8 Å². The van der Waals surface area contributed by atoms with E-state index in [-0.39, 0.29) is 0 Å². The molecule has 0 amide bonds. The van der Waals surface area contributed by atoms with Gasteiger partial charge in [-0.15, -0.1) is 0 Å². The van der Waals surface area contributed by atoms with Crippen LogP contribution < -0.4 is 0 Å². The van der Waals surface area contributed by atoms with E-state index < -0.39 is 0 Å². The number of hydrogen-bond acceptors (Lipinski definition) is 1. The van der Waals surface area contributed by atoms with Crippen LogP contribution in [0.4, 0.5) is 0 Å². The van der Waals surface area contributed by atoms with Crippen molar-refractivity contribution < 1.29 is 4.74 Å². The molecule has 0 aromatic carbocycles. The maximum atomic E-state index is 5.26. The van der Waals surface area contributed by atoms with E-state index in [0.29, 0.717) is 0 Å². The minimum atomic E-state index is 0.780. The van der Waals surface area contributed by atoms with Crippen LogP contribution in [0, 0.1) is 11.3 Å². The van der Waals surface area contributed by atoms with Gasteiger partial charge >= 0.3 is 0 Å². The number of hydrogen-bond donors (Lipinski definition) is 0. The molecule has 1 nitrogen and oxygen atoms in total. The topological polar surface area (TPSA) is 9.23 Å². The zero-order valence-corrected chi connectivity index (χ0v) is 9.56. The Morgan fingerprint density at radius 3 is 2.21 bits per heavy atom. The average Bonchev–Trinajstić information content (AvgIpc) is 2.24. The summed E-state index contributed by atoms with van der Waals surface area (Å²) in [6.45, 7) is 0.996. The predicted molar refractivity (Wildman–Crippen MR) is 59.4 cm³/mol. The van der Waals surface area contributed by atoms with Gasteiger partial charge in [-0.25, -0.2) is 0 Å². The van der Waals surface area contributed by atoms with Gasteiger partial charge in [-0.3, -0.25) is 0 Å². The van der Waals surface area contributed by atoms with E-state index in [1.165, 1.54) is 57.8 Å². The van der Waals surface area contributed by atoms with Crippen LogP contribution in [0.1, 0.15) is 57.8 Å². The fraction of sp³-hybridized carbons (Fsp3) is 1.00. The first-order valence-corrected chi connectivity index (χ1v) is 6.34. The summed E-state index contributed by atoms with van der Waals surface area (Å²) in [6, 6.07) is 0. The highest BCUT2D eigenvalue weighted by Crippen LogP contribution is 2.48. The molecule has 2 rings (SSSR count). The quantitative estimate of drug-likeness (QED) is 0.653. The lowest BCUT2D eigenvalue weighted by atomic mass is 9.63. The van der Waals surface area contributed by atoms with Crippen molar-refractivity contribution in [3.05, 3.63) is 0 Å². The molecular weight excluding hydrogens is 172 g/mol. The Morgan fingerprint density at radius 1 is 1.00 bits per heavy atom. The molecule has 0 atom stereocenters. The molecule has 2 fully saturated rings. The summed E-state index contributed by atoms with van der Waals surface area (Å²) < 4.78 is 5.26. The van der Waals surface area contributed by atoms with Crippen LogP contribution in [0.15, 0.2) is 0 Å². The van der Waals surface area contributed by atoms with E-state index in [4.69, 9.17) is 4.74 Å². The lowest BCUT2D eigenvalue weighted by Crippen LogP contribution is -2.30. The van der Waals surface area contributed by atoms with Gasteiger partial charge in [0, 0.05) is 13.7 Å². The minimum Gasteiger partial charge on any atom is -0.384 e. The Hall–Kier alpha value is -0.0400. The Bertz CT molecular complexity index is 160. The Kier molecular flexibility index (Phi) is 3.48. The van der Waals surface area contributed by atoms with Gasteiger partial charge in [0.15, 0.2) is 0 Å². The standard InChI is InChI=1S/C13H24O/c1-14-11-12-5-9-13(10-6-12)7-3-2-4-8-13/h12H,2-11H2,1H3. The molecule has 0 bridgehead atoms. The summed E-state index contributed by atoms with van der Waals surface area (Å²) in [7, 11) is 1.84. The predicted octanol–water partition coefficient (Wildman–Crippen LogP) is 3.77. The first kappa shape index (κ1) is 10.5. The first-order valence-electron chi connectivity index (χ1n) is 6.34. The van der Waals surface area contributed by atoms with Crippen LogP contribution >= 0.6 is 0 Å². The van der Waals surface area contributed by atoms with Crippen LogP contribution in [-0.4, -0.2) is 13.7 Å². The third-order valence-corrected chi connectivity index (χ3v) is 4.48. The van der Waals surface area contributed by atoms with Crippen molar-refractivity contribution in [2.24, 2.45) is 11.3 Å². The van der Waals surface area contributed by atoms with Gasteiger partial charge in [0.2, 0.25) is 0 Å². The van der Waals surface area contributed by atoms with Crippen molar-refractivity contribution in [1.82, 2.24) is 0 Å². The lowest BCUT2D eigenvalue weighted by molar-refractivity contribution is 0.0593. The van der Waals surface area contributed by atoms with Crippen molar-refractivity contribution in [2.75, 3.05) is 13.7 Å². The van der Waals surface area contributed by atoms with Crippen LogP contribution in [0.5, 0.6) is 0 Å². The number of ether oxygens (including phenoxy) is 1. The summed E-state index contributed by atoms with van der Waals surface area (Å²) in [5.41, 5.74) is 0.780. The molecule has 0 aromatic heterocycles. The van der Waals surface area contributed by atoms with Crippen molar-refractivity contribution in [1.29, 1.82) is 0 Å². The van der Waals surface area contributed by atoms with E-state index >= 15 is 0 Å². The van der Waals surface area contributed by atoms with Crippen LogP contribution in [0.25, 0.3) is 0 Å². The third kappa shape index (κ3) is 2.31. The normalized spacial score (nSPS) is 28.1. The van der Waals surface area contributed by atoms with Gasteiger partial charge in [0.1, 0.15) is 0 Å². The van der Waals surface area contributed by atoms with Crippen LogP contribution in [0.2, 0.25) is 0 Å². The molecule has 1 heteroatoms. The molecule has 0 N–H and O–H groups in total. The number of rotatable bonds is 2. The van der Waals surface area contributed by atoms with Crippen molar-refractivity contribution in [3.63, 3.8) is 0 Å². The van der Waals surface area contributed by atoms with Crippen molar-refractivity contribution >= 4 is 0 Å². The van der Waals surface area contributed by atoms with E-state index in [0.717, 1.165) is 17.9 Å². The molecule has 2 saturated carbocycles. The summed E-state index contributed by atoms with van der Waals surface area (Å²) in [4.78, 5) is 0. The Morgan fingerprint density at radius 2 is 1.64 bits per heavy atom. The van der Waals surface area contributed by atoms with Gasteiger partial charge < -0.3 is 4.74 Å². The van der Waals surface area contributed by atoms with Gasteiger partial charge in [-0.05, 0) is 49.9 Å². The van der Waals surface area contributed by atoms with E-state index in [1.807, 2.05) is 7.11 Å². The zero-order valence-electron chi connectivity index (χ0n) is 9.56. The smallest absolute Gasteiger partial charge is 0.0490 e. The van der Waals surface area contributed by atoms with Crippen molar-refractivity contribution in [3.8, 4) is 0 Å². The second-order valence-electron chi connectivity index (χ2n) is 5.46. The summed E-state index contributed by atoms with van der Waals surface area (Å²) in [6.07, 6.45) is 13.3. The molecule has 82 valence electrons. The maximum absolute atomic E-state index is 5.26. The highest BCUT2D eigenvalue weighted by atomic mass is 16.5. The molecule has 1 spiro atoms. The largest absolute Gasteiger partial charge is 0.384 e. The summed E-state index contributed by atoms with van der Waals surface area (Å²) in [5.74, 6) is 0.868. The Balaban J connectivity index is 1.81. The fourth-order valence-electron chi connectivity index (χ4n) is 3.49. The average molecular weight is 196 g/mol. The van der Waals surface area contributed by atoms with E-state index in [1.54, 1.807) is 0 Å². The summed E-state index contributed by atoms with van der Waals surface area (Å²) >= 11 is 0. The van der Waals surface area contributed by atoms with Gasteiger partial charge in [0.25, 0.3) is 0 Å². The van der Waals surface area contributed by atoms with E-state index in [2.05, 4.69) is 0 Å². The second kappa shape index (κ2) is 4.65. The SMILES string of the molecule is COCC1CCC2(CCCCC2)CC1. The van der Waals surface area contributed by atoms with E-state index in [9.17, 15) is 0 Å². The Labute approximate surface area is 88.2 Å². The molecular formula is C13H24O. The molecule has 0 aliphatic heterocycles. The maximum Gasteiger partial charge on any atom is 0.0490 e. The second-order valence-corrected chi connectivity index (χ2v) is 5.46. The van der Waals surface area contributed by atoms with Gasteiger partial charge in [0.05, 0.1) is 0 Å². The summed E-state index contributed by atoms with van der Waals surface area (Å²) in [5, 5.41) is 0. The van der Waals surface area contributed by atoms with Crippen LogP contribution in [-0.2, 0) is 4.74 Å². The highest BCUT2D eigenvalue weighted by molar-refractivity contribution is 4.87.